The molecule has 2 unspecified atom stereocenters. The van der Waals surface area contributed by atoms with Gasteiger partial charge in [-0.2, -0.15) is 0 Å². The Balaban J connectivity index is 0.000000218. The molecule has 4 saturated carbocycles. The summed E-state index contributed by atoms with van der Waals surface area (Å²) < 4.78 is 10.7. The van der Waals surface area contributed by atoms with Crippen molar-refractivity contribution in [1.29, 1.82) is 0 Å². The Hall–Kier alpha value is -5.20. The van der Waals surface area contributed by atoms with Crippen molar-refractivity contribution in [3.63, 3.8) is 0 Å². The number of carboxylic acids is 1. The topological polar surface area (TPSA) is 268 Å². The van der Waals surface area contributed by atoms with Gasteiger partial charge in [0, 0.05) is 31.5 Å². The van der Waals surface area contributed by atoms with Crippen LogP contribution in [0.3, 0.4) is 0 Å². The molecule has 8 atom stereocenters. The van der Waals surface area contributed by atoms with E-state index in [9.17, 15) is 43.5 Å². The number of nitrogens with two attached hydrogens (primary N) is 1. The number of allylic oxidation sites excluding steroid dienone is 2. The van der Waals surface area contributed by atoms with Crippen LogP contribution in [0.25, 0.3) is 0 Å². The molecule has 0 aromatic heterocycles. The van der Waals surface area contributed by atoms with Gasteiger partial charge in [-0.25, -0.2) is 14.4 Å². The highest BCUT2D eigenvalue weighted by Crippen LogP contribution is 2.47. The fraction of sp³-hybridized carbons (Fsp3) is 0.778. The summed E-state index contributed by atoms with van der Waals surface area (Å²) >= 11 is 0. The zero-order valence-corrected chi connectivity index (χ0v) is 44.4. The lowest BCUT2D eigenvalue weighted by Gasteiger charge is -2.30. The number of carbonyl (C=O) groups excluding carboxylic acids is 7. The van der Waals surface area contributed by atoms with E-state index in [0.29, 0.717) is 76.9 Å². The average molecular weight is 1020 g/mol. The first-order chi connectivity index (χ1) is 34.6. The molecule has 19 nitrogen and oxygen atoms in total. The van der Waals surface area contributed by atoms with Crippen molar-refractivity contribution < 1.29 is 52.9 Å². The maximum atomic E-state index is 13.6. The summed E-state index contributed by atoms with van der Waals surface area (Å²) in [7, 11) is 0. The first-order valence-corrected chi connectivity index (χ1v) is 27.3. The summed E-state index contributed by atoms with van der Waals surface area (Å²) in [6.07, 6.45) is 22.9. The van der Waals surface area contributed by atoms with Gasteiger partial charge in [0.1, 0.15) is 46.4 Å². The van der Waals surface area contributed by atoms with Crippen LogP contribution in [0.15, 0.2) is 24.3 Å². The van der Waals surface area contributed by atoms with Crippen molar-refractivity contribution in [3.05, 3.63) is 24.3 Å². The Morgan fingerprint density at radius 2 is 1.07 bits per heavy atom. The van der Waals surface area contributed by atoms with Crippen LogP contribution in [-0.2, 0) is 38.2 Å². The molecule has 0 aromatic carbocycles. The molecule has 7 amide bonds. The maximum absolute atomic E-state index is 13.6. The maximum Gasteiger partial charge on any atom is 0.408 e. The van der Waals surface area contributed by atoms with Gasteiger partial charge in [0.25, 0.3) is 0 Å². The summed E-state index contributed by atoms with van der Waals surface area (Å²) in [4.78, 5) is 106. The van der Waals surface area contributed by atoms with Crippen molar-refractivity contribution in [2.24, 2.45) is 29.4 Å². The minimum Gasteiger partial charge on any atom is -0.479 e. The smallest absolute Gasteiger partial charge is 0.408 e. The van der Waals surface area contributed by atoms with Gasteiger partial charge in [-0.1, -0.05) is 50.0 Å². The third kappa shape index (κ3) is 16.6. The summed E-state index contributed by atoms with van der Waals surface area (Å²) in [5.74, 6) is -1.29. The highest BCUT2D eigenvalue weighted by atomic mass is 16.6. The lowest BCUT2D eigenvalue weighted by molar-refractivity contribution is -0.145. The van der Waals surface area contributed by atoms with Crippen molar-refractivity contribution >= 4 is 47.7 Å². The Kier molecular flexibility index (Phi) is 19.5. The molecule has 2 saturated heterocycles. The predicted octanol–water partition coefficient (Wildman–Crippen LogP) is 5.50. The molecule has 8 rings (SSSR count). The second-order valence-corrected chi connectivity index (χ2v) is 23.6. The molecule has 19 heteroatoms. The van der Waals surface area contributed by atoms with Crippen LogP contribution >= 0.6 is 0 Å². The van der Waals surface area contributed by atoms with Gasteiger partial charge < -0.3 is 56.7 Å². The van der Waals surface area contributed by atoms with Gasteiger partial charge in [-0.3, -0.25) is 24.0 Å². The third-order valence-corrected chi connectivity index (χ3v) is 14.9. The lowest BCUT2D eigenvalue weighted by atomic mass is 10.0. The molecule has 0 radical (unpaired) electrons. The standard InChI is InChI=1S/C27H42N4O5.C23H35N3O6.C4H9N/c1-26(2,3)36-25(35)29-20-11-8-6-4-5-7-10-19-16-27(19,24(34)28-17-18-13-14-18)30-22(32)21-12-9-15-31(21)23(20)33;1-22(2,3)32-21(31)24-16-11-8-6-4-5-7-10-15-14-23(15,20(29)30)25-18(27)17-12-9-13-26(17)19(16)28;5-3-4-1-2-4/h7,10,18-21H,4-6,8-9,11-17H2,1-3H3,(H,28,34)(H,29,35)(H,30,32);7,10,15-17H,4-6,8-9,11-14H2,1-3H3,(H,24,31)(H,25,27)(H,29,30);4H,1-3,5H2/b2*10-7-;/t19?,20-,21-,27+;15?,16-,17-,23+;/m00./s1. The van der Waals surface area contributed by atoms with E-state index in [2.05, 4.69) is 38.7 Å². The van der Waals surface area contributed by atoms with Gasteiger partial charge in [-0.05, 0) is 163 Å². The van der Waals surface area contributed by atoms with Gasteiger partial charge in [0.2, 0.25) is 29.5 Å². The number of carbonyl (C=O) groups is 8. The van der Waals surface area contributed by atoms with Crippen LogP contribution < -0.4 is 32.3 Å². The first-order valence-electron chi connectivity index (χ1n) is 27.3. The summed E-state index contributed by atoms with van der Waals surface area (Å²) in [6.45, 7) is 13.0. The van der Waals surface area contributed by atoms with Crippen LogP contribution in [-0.4, -0.2) is 135 Å². The van der Waals surface area contributed by atoms with Crippen LogP contribution in [0.4, 0.5) is 9.59 Å². The number of hydrogen-bond acceptors (Lipinski definition) is 11. The Labute approximate surface area is 432 Å². The minimum atomic E-state index is -1.29. The Bertz CT molecular complexity index is 2060. The van der Waals surface area contributed by atoms with Gasteiger partial charge in [0.15, 0.2) is 0 Å². The summed E-state index contributed by atoms with van der Waals surface area (Å²) in [6, 6.07) is -2.93. The SMILES string of the molecule is CC(C)(C)OC(=O)N[C@H]1CCCCC/C=C\C2C[C@@]2(C(=O)NCC2CC2)NC(=O)[C@@H]2CCCN2C1=O.CC(C)(C)OC(=O)N[C@H]1CCCCC/C=C\C2C[C@@]2(C(=O)O)NC(=O)[C@@H]2CCCN2C1=O.NCC1CC1. The van der Waals surface area contributed by atoms with Gasteiger partial charge in [0.05, 0.1) is 0 Å². The van der Waals surface area contributed by atoms with Crippen molar-refractivity contribution in [2.45, 2.75) is 216 Å². The van der Waals surface area contributed by atoms with E-state index in [4.69, 9.17) is 15.2 Å². The highest BCUT2D eigenvalue weighted by molar-refractivity contribution is 5.99. The number of nitrogens with one attached hydrogen (secondary N) is 5. The minimum absolute atomic E-state index is 0.0297. The van der Waals surface area contributed by atoms with E-state index in [1.165, 1.54) is 17.7 Å². The van der Waals surface area contributed by atoms with Crippen molar-refractivity contribution in [2.75, 3.05) is 26.2 Å². The zero-order chi connectivity index (χ0) is 53.1. The molecule has 408 valence electrons. The Morgan fingerprint density at radius 3 is 1.48 bits per heavy atom. The molecule has 0 aromatic rings. The molecule has 8 aliphatic rings. The average Bonchev–Trinajstić information content (AvgIpc) is 4.24. The summed E-state index contributed by atoms with van der Waals surface area (Å²) in [5, 5.41) is 24.0. The van der Waals surface area contributed by atoms with E-state index < -0.39 is 70.5 Å². The zero-order valence-electron chi connectivity index (χ0n) is 44.4. The van der Waals surface area contributed by atoms with Crippen LogP contribution in [0.2, 0.25) is 0 Å². The number of alkyl carbamates (subject to hydrolysis) is 2. The molecule has 4 aliphatic carbocycles. The second-order valence-electron chi connectivity index (χ2n) is 23.6. The largest absolute Gasteiger partial charge is 0.479 e. The molecule has 4 aliphatic heterocycles. The van der Waals surface area contributed by atoms with Crippen LogP contribution in [0.5, 0.6) is 0 Å². The molecule has 73 heavy (non-hydrogen) atoms. The summed E-state index contributed by atoms with van der Waals surface area (Å²) in [5.41, 5.74) is 1.64. The van der Waals surface area contributed by atoms with Crippen molar-refractivity contribution in [1.82, 2.24) is 36.4 Å². The van der Waals surface area contributed by atoms with E-state index in [1.807, 2.05) is 12.2 Å². The second kappa shape index (κ2) is 24.9. The molecule has 8 N–H and O–H groups in total. The molecule has 0 spiro atoms. The normalized spacial score (nSPS) is 31.7. The Morgan fingerprint density at radius 1 is 0.630 bits per heavy atom. The number of nitrogens with zero attached hydrogens (tertiary/aromatic N) is 2. The molecular formula is C54H86N8O11. The van der Waals surface area contributed by atoms with Crippen LogP contribution in [0.1, 0.15) is 170 Å². The predicted molar refractivity (Wildman–Crippen MR) is 273 cm³/mol. The number of carboxylic acid groups (broad SMARTS) is 1. The van der Waals surface area contributed by atoms with Crippen LogP contribution in [0, 0.1) is 23.7 Å². The molecule has 0 bridgehead atoms. The number of rotatable bonds is 7. The number of amides is 7. The quantitative estimate of drug-likeness (QED) is 0.156. The van der Waals surface area contributed by atoms with Crippen molar-refractivity contribution in [3.8, 4) is 0 Å². The van der Waals surface area contributed by atoms with E-state index in [0.717, 1.165) is 76.7 Å². The number of aliphatic carboxylic acids is 1. The monoisotopic (exact) mass is 1020 g/mol. The first kappa shape index (κ1) is 57.1. The molecule has 6 fully saturated rings. The van der Waals surface area contributed by atoms with E-state index in [-0.39, 0.29) is 35.5 Å². The molecular weight excluding hydrogens is 937 g/mol. The highest BCUT2D eigenvalue weighted by Gasteiger charge is 2.62. The van der Waals surface area contributed by atoms with E-state index >= 15 is 0 Å². The number of hydrogen-bond donors (Lipinski definition) is 7. The van der Waals surface area contributed by atoms with E-state index in [1.54, 1.807) is 46.4 Å². The number of fused-ring (bicyclic) bond motifs is 4. The fourth-order valence-corrected chi connectivity index (χ4v) is 10.1. The van der Waals surface area contributed by atoms with Gasteiger partial charge in [-0.15, -0.1) is 0 Å². The van der Waals surface area contributed by atoms with Gasteiger partial charge >= 0.3 is 18.2 Å². The molecule has 4 heterocycles. The third-order valence-electron chi connectivity index (χ3n) is 14.9. The lowest BCUT2D eigenvalue weighted by Crippen LogP contribution is -2.58. The number of ether oxygens (including phenoxy) is 2. The fourth-order valence-electron chi connectivity index (χ4n) is 10.1.